The first-order valence-electron chi connectivity index (χ1n) is 8.92. The molecule has 1 amide bonds. The molecule has 7 heteroatoms. The maximum Gasteiger partial charge on any atom is 0.223 e. The van der Waals surface area contributed by atoms with Gasteiger partial charge in [0.2, 0.25) is 15.9 Å². The number of carbonyl (C=O) groups is 1. The molecule has 1 saturated heterocycles. The Kier molecular flexibility index (Phi) is 7.38. The SMILES string of the molecule is CCCCS(=O)(=O)N1CCC(C(=O)NCCc2ccc(F)cc2)CC1. The normalized spacial score (nSPS) is 16.7. The highest BCUT2D eigenvalue weighted by molar-refractivity contribution is 7.89. The fraction of sp³-hybridized carbons (Fsp3) is 0.611. The number of amides is 1. The number of hydrogen-bond donors (Lipinski definition) is 1. The van der Waals surface area contributed by atoms with Crippen LogP contribution in [0.25, 0.3) is 0 Å². The van der Waals surface area contributed by atoms with E-state index in [9.17, 15) is 17.6 Å². The van der Waals surface area contributed by atoms with Crippen LogP contribution in [0.3, 0.4) is 0 Å². The van der Waals surface area contributed by atoms with Crippen molar-refractivity contribution in [1.82, 2.24) is 9.62 Å². The summed E-state index contributed by atoms with van der Waals surface area (Å²) in [5.41, 5.74) is 0.971. The van der Waals surface area contributed by atoms with E-state index in [0.29, 0.717) is 45.3 Å². The Balaban J connectivity index is 1.72. The van der Waals surface area contributed by atoms with Gasteiger partial charge in [-0.2, -0.15) is 0 Å². The van der Waals surface area contributed by atoms with E-state index in [4.69, 9.17) is 0 Å². The highest BCUT2D eigenvalue weighted by Gasteiger charge is 2.30. The summed E-state index contributed by atoms with van der Waals surface area (Å²) in [5, 5.41) is 2.90. The van der Waals surface area contributed by atoms with E-state index in [0.717, 1.165) is 12.0 Å². The summed E-state index contributed by atoms with van der Waals surface area (Å²) in [7, 11) is -3.18. The monoisotopic (exact) mass is 370 g/mol. The van der Waals surface area contributed by atoms with Gasteiger partial charge in [0.05, 0.1) is 5.75 Å². The zero-order valence-corrected chi connectivity index (χ0v) is 15.5. The van der Waals surface area contributed by atoms with Gasteiger partial charge >= 0.3 is 0 Å². The Morgan fingerprint density at radius 2 is 1.88 bits per heavy atom. The van der Waals surface area contributed by atoms with E-state index in [1.807, 2.05) is 6.92 Å². The third kappa shape index (κ3) is 6.08. The molecule has 5 nitrogen and oxygen atoms in total. The maximum absolute atomic E-state index is 12.8. The highest BCUT2D eigenvalue weighted by Crippen LogP contribution is 2.20. The molecule has 1 N–H and O–H groups in total. The molecule has 0 aliphatic carbocycles. The minimum absolute atomic E-state index is 0.0206. The van der Waals surface area contributed by atoms with Gasteiger partial charge in [0, 0.05) is 25.6 Å². The molecule has 1 fully saturated rings. The van der Waals surface area contributed by atoms with Crippen molar-refractivity contribution in [2.75, 3.05) is 25.4 Å². The van der Waals surface area contributed by atoms with Gasteiger partial charge in [-0.3, -0.25) is 4.79 Å². The Hall–Kier alpha value is -1.47. The lowest BCUT2D eigenvalue weighted by molar-refractivity contribution is -0.126. The average molecular weight is 370 g/mol. The van der Waals surface area contributed by atoms with E-state index in [1.165, 1.54) is 16.4 Å². The summed E-state index contributed by atoms with van der Waals surface area (Å²) in [6.07, 6.45) is 3.30. The maximum atomic E-state index is 12.8. The van der Waals surface area contributed by atoms with Crippen molar-refractivity contribution in [3.63, 3.8) is 0 Å². The van der Waals surface area contributed by atoms with Gasteiger partial charge in [-0.05, 0) is 43.4 Å². The number of halogens is 1. The Labute approximate surface area is 149 Å². The molecule has 0 unspecified atom stereocenters. The number of piperidine rings is 1. The zero-order valence-electron chi connectivity index (χ0n) is 14.7. The van der Waals surface area contributed by atoms with Gasteiger partial charge < -0.3 is 5.32 Å². The van der Waals surface area contributed by atoms with E-state index in [-0.39, 0.29) is 23.4 Å². The number of nitrogens with one attached hydrogen (secondary N) is 1. The standard InChI is InChI=1S/C18H27FN2O3S/c1-2-3-14-25(23,24)21-12-9-16(10-13-21)18(22)20-11-8-15-4-6-17(19)7-5-15/h4-7,16H,2-3,8-14H2,1H3,(H,20,22). The van der Waals surface area contributed by atoms with Gasteiger partial charge in [0.1, 0.15) is 5.82 Å². The van der Waals surface area contributed by atoms with Crippen LogP contribution in [0.1, 0.15) is 38.2 Å². The average Bonchev–Trinajstić information content (AvgIpc) is 2.62. The number of rotatable bonds is 8. The van der Waals surface area contributed by atoms with Crippen LogP contribution in [0.2, 0.25) is 0 Å². The van der Waals surface area contributed by atoms with Gasteiger partial charge in [-0.1, -0.05) is 25.5 Å². The number of benzene rings is 1. The fourth-order valence-corrected chi connectivity index (χ4v) is 4.66. The van der Waals surface area contributed by atoms with Gasteiger partial charge in [-0.15, -0.1) is 0 Å². The topological polar surface area (TPSA) is 66.5 Å². The molecule has 25 heavy (non-hydrogen) atoms. The summed E-state index contributed by atoms with van der Waals surface area (Å²) in [6.45, 7) is 3.31. The first-order chi connectivity index (χ1) is 11.9. The molecular formula is C18H27FN2O3S. The first-order valence-corrected chi connectivity index (χ1v) is 10.5. The lowest BCUT2D eigenvalue weighted by Crippen LogP contribution is -2.44. The third-order valence-corrected chi connectivity index (χ3v) is 6.56. The largest absolute Gasteiger partial charge is 0.356 e. The molecule has 2 rings (SSSR count). The van der Waals surface area contributed by atoms with Crippen molar-refractivity contribution in [3.05, 3.63) is 35.6 Å². The van der Waals surface area contributed by atoms with Crippen LogP contribution in [0, 0.1) is 11.7 Å². The number of sulfonamides is 1. The molecule has 0 aromatic heterocycles. The zero-order chi connectivity index (χ0) is 18.3. The molecular weight excluding hydrogens is 343 g/mol. The van der Waals surface area contributed by atoms with Crippen LogP contribution < -0.4 is 5.32 Å². The van der Waals surface area contributed by atoms with Gasteiger partial charge in [0.25, 0.3) is 0 Å². The van der Waals surface area contributed by atoms with Crippen molar-refractivity contribution in [3.8, 4) is 0 Å². The van der Waals surface area contributed by atoms with Gasteiger partial charge in [-0.25, -0.2) is 17.1 Å². The summed E-state index contributed by atoms with van der Waals surface area (Å²) < 4.78 is 38.7. The smallest absolute Gasteiger partial charge is 0.223 e. The number of unbranched alkanes of at least 4 members (excludes halogenated alkanes) is 1. The molecule has 0 bridgehead atoms. The molecule has 0 atom stereocenters. The minimum Gasteiger partial charge on any atom is -0.356 e. The molecule has 1 aromatic rings. The van der Waals surface area contributed by atoms with E-state index in [2.05, 4.69) is 5.32 Å². The fourth-order valence-electron chi connectivity index (χ4n) is 2.98. The van der Waals surface area contributed by atoms with Crippen LogP contribution >= 0.6 is 0 Å². The summed E-state index contributed by atoms with van der Waals surface area (Å²) in [5.74, 6) is -0.232. The van der Waals surface area contributed by atoms with Crippen molar-refractivity contribution in [2.24, 2.45) is 5.92 Å². The summed E-state index contributed by atoms with van der Waals surface area (Å²) in [4.78, 5) is 12.2. The van der Waals surface area contributed by atoms with Crippen LogP contribution in [-0.4, -0.2) is 44.0 Å². The van der Waals surface area contributed by atoms with Crippen LogP contribution in [0.4, 0.5) is 4.39 Å². The lowest BCUT2D eigenvalue weighted by atomic mass is 9.97. The van der Waals surface area contributed by atoms with Crippen LogP contribution in [0.15, 0.2) is 24.3 Å². The first kappa shape index (κ1) is 19.8. The van der Waals surface area contributed by atoms with E-state index in [1.54, 1.807) is 12.1 Å². The van der Waals surface area contributed by atoms with E-state index < -0.39 is 10.0 Å². The molecule has 140 valence electrons. The Morgan fingerprint density at radius 1 is 1.24 bits per heavy atom. The molecule has 0 spiro atoms. The van der Waals surface area contributed by atoms with Crippen LogP contribution in [-0.2, 0) is 21.2 Å². The van der Waals surface area contributed by atoms with Crippen molar-refractivity contribution in [1.29, 1.82) is 0 Å². The quantitative estimate of drug-likeness (QED) is 0.764. The molecule has 0 saturated carbocycles. The van der Waals surface area contributed by atoms with Gasteiger partial charge in [0.15, 0.2) is 0 Å². The number of carbonyl (C=O) groups excluding carboxylic acids is 1. The van der Waals surface area contributed by atoms with Crippen LogP contribution in [0.5, 0.6) is 0 Å². The predicted molar refractivity (Wildman–Crippen MR) is 96.1 cm³/mol. The summed E-state index contributed by atoms with van der Waals surface area (Å²) >= 11 is 0. The second kappa shape index (κ2) is 9.29. The molecule has 1 aliphatic rings. The second-order valence-electron chi connectivity index (χ2n) is 6.51. The Morgan fingerprint density at radius 3 is 2.48 bits per heavy atom. The number of hydrogen-bond acceptors (Lipinski definition) is 3. The number of nitrogens with zero attached hydrogens (tertiary/aromatic N) is 1. The Bertz CT molecular complexity index is 653. The van der Waals surface area contributed by atoms with Crippen molar-refractivity contribution >= 4 is 15.9 Å². The van der Waals surface area contributed by atoms with Crippen molar-refractivity contribution in [2.45, 2.75) is 39.0 Å². The lowest BCUT2D eigenvalue weighted by Gasteiger charge is -2.30. The summed E-state index contributed by atoms with van der Waals surface area (Å²) in [6, 6.07) is 6.24. The predicted octanol–water partition coefficient (Wildman–Crippen LogP) is 2.33. The second-order valence-corrected chi connectivity index (χ2v) is 8.60. The van der Waals surface area contributed by atoms with E-state index >= 15 is 0 Å². The third-order valence-electron chi connectivity index (χ3n) is 4.60. The minimum atomic E-state index is -3.18. The molecule has 1 aliphatic heterocycles. The molecule has 0 radical (unpaired) electrons. The molecule has 1 aromatic carbocycles. The molecule has 1 heterocycles. The highest BCUT2D eigenvalue weighted by atomic mass is 32.2. The van der Waals surface area contributed by atoms with Crippen molar-refractivity contribution < 1.29 is 17.6 Å².